The smallest absolute Gasteiger partial charge is 0.227 e. The highest BCUT2D eigenvalue weighted by molar-refractivity contribution is 6.01. The molecule has 0 radical (unpaired) electrons. The van der Waals surface area contributed by atoms with E-state index in [0.29, 0.717) is 6.54 Å². The molecule has 2 unspecified atom stereocenters. The van der Waals surface area contributed by atoms with E-state index >= 15 is 0 Å². The van der Waals surface area contributed by atoms with E-state index in [0.717, 1.165) is 47.3 Å². The van der Waals surface area contributed by atoms with Crippen molar-refractivity contribution in [2.75, 3.05) is 17.2 Å². The van der Waals surface area contributed by atoms with E-state index in [1.54, 1.807) is 4.90 Å². The van der Waals surface area contributed by atoms with Gasteiger partial charge in [-0.3, -0.25) is 9.59 Å². The van der Waals surface area contributed by atoms with Crippen molar-refractivity contribution in [2.24, 2.45) is 5.92 Å². The third-order valence-electron chi connectivity index (χ3n) is 6.16. The Kier molecular flexibility index (Phi) is 4.84. The van der Waals surface area contributed by atoms with E-state index in [2.05, 4.69) is 5.32 Å². The fraction of sp³-hybridized carbons (Fsp3) is 0.391. The van der Waals surface area contributed by atoms with Crippen molar-refractivity contribution in [2.45, 2.75) is 45.6 Å². The number of nitrogens with one attached hydrogen (secondary N) is 1. The lowest BCUT2D eigenvalue weighted by molar-refractivity contribution is -0.127. The number of amides is 2. The molecule has 2 atom stereocenters. The maximum Gasteiger partial charge on any atom is 0.227 e. The predicted octanol–water partition coefficient (Wildman–Crippen LogP) is 3.43. The molecule has 1 fully saturated rings. The summed E-state index contributed by atoms with van der Waals surface area (Å²) in [6.45, 7) is 4.50. The molecule has 0 saturated carbocycles. The number of hydrogen-bond donors (Lipinski definition) is 2. The molecule has 2 aromatic rings. The number of benzene rings is 2. The Morgan fingerprint density at radius 3 is 2.86 bits per heavy atom. The van der Waals surface area contributed by atoms with Crippen molar-refractivity contribution in [1.29, 1.82) is 0 Å². The zero-order valence-electron chi connectivity index (χ0n) is 16.5. The monoisotopic (exact) mass is 377 g/mol. The first kappa shape index (κ1) is 18.5. The number of nitrogens with zero attached hydrogens (tertiary/aromatic N) is 1. The number of fused-ring (bicyclic) bond motifs is 1. The van der Waals surface area contributed by atoms with Crippen molar-refractivity contribution >= 4 is 23.2 Å². The molecule has 1 aliphatic carbocycles. The number of nitrogen functional groups attached to an aromatic ring is 1. The third-order valence-corrected chi connectivity index (χ3v) is 6.16. The zero-order chi connectivity index (χ0) is 19.8. The highest BCUT2D eigenvalue weighted by Crippen LogP contribution is 2.33. The molecule has 0 aromatic heterocycles. The Balaban J connectivity index is 1.48. The van der Waals surface area contributed by atoms with Gasteiger partial charge in [-0.05, 0) is 73.6 Å². The van der Waals surface area contributed by atoms with Gasteiger partial charge >= 0.3 is 0 Å². The van der Waals surface area contributed by atoms with E-state index in [4.69, 9.17) is 5.73 Å². The summed E-state index contributed by atoms with van der Waals surface area (Å²) < 4.78 is 0. The lowest BCUT2D eigenvalue weighted by atomic mass is 9.87. The number of aryl methyl sites for hydroxylation is 2. The van der Waals surface area contributed by atoms with Gasteiger partial charge in [0, 0.05) is 24.3 Å². The second kappa shape index (κ2) is 7.30. The van der Waals surface area contributed by atoms with Crippen molar-refractivity contribution in [3.05, 3.63) is 58.7 Å². The average Bonchev–Trinajstić information content (AvgIpc) is 3.05. The SMILES string of the molecule is Cc1cccc(N2CC(C(=O)NC3CCCc4cc(N)ccc43)CC2=O)c1C. The molecule has 5 heteroatoms. The molecule has 1 saturated heterocycles. The minimum Gasteiger partial charge on any atom is -0.399 e. The standard InChI is InChI=1S/C23H27N3O2/c1-14-5-3-8-21(15(14)2)26-13-17(12-22(26)27)23(28)25-20-7-4-6-16-11-18(24)9-10-19(16)20/h3,5,8-11,17,20H,4,6-7,12-13,24H2,1-2H3,(H,25,28). The van der Waals surface area contributed by atoms with Gasteiger partial charge in [0.25, 0.3) is 0 Å². The molecule has 2 aromatic carbocycles. The summed E-state index contributed by atoms with van der Waals surface area (Å²) in [4.78, 5) is 27.3. The van der Waals surface area contributed by atoms with Crippen molar-refractivity contribution < 1.29 is 9.59 Å². The fourth-order valence-corrected chi connectivity index (χ4v) is 4.42. The Labute approximate surface area is 165 Å². The molecular weight excluding hydrogens is 350 g/mol. The van der Waals surface area contributed by atoms with Crippen LogP contribution in [0.15, 0.2) is 36.4 Å². The molecule has 146 valence electrons. The molecular formula is C23H27N3O2. The maximum atomic E-state index is 12.9. The van der Waals surface area contributed by atoms with Gasteiger partial charge in [-0.1, -0.05) is 18.2 Å². The molecule has 2 aliphatic rings. The van der Waals surface area contributed by atoms with Gasteiger partial charge in [0.15, 0.2) is 0 Å². The first-order valence-electron chi connectivity index (χ1n) is 9.99. The van der Waals surface area contributed by atoms with Gasteiger partial charge in [-0.2, -0.15) is 0 Å². The largest absolute Gasteiger partial charge is 0.399 e. The van der Waals surface area contributed by atoms with Crippen LogP contribution in [0.4, 0.5) is 11.4 Å². The first-order chi connectivity index (χ1) is 13.4. The highest BCUT2D eigenvalue weighted by atomic mass is 16.2. The van der Waals surface area contributed by atoms with Gasteiger partial charge < -0.3 is 16.0 Å². The van der Waals surface area contributed by atoms with E-state index < -0.39 is 0 Å². The van der Waals surface area contributed by atoms with Crippen LogP contribution < -0.4 is 16.0 Å². The van der Waals surface area contributed by atoms with Crippen LogP contribution in [0.25, 0.3) is 0 Å². The van der Waals surface area contributed by atoms with Crippen molar-refractivity contribution in [1.82, 2.24) is 5.32 Å². The molecule has 28 heavy (non-hydrogen) atoms. The van der Waals surface area contributed by atoms with E-state index in [9.17, 15) is 9.59 Å². The van der Waals surface area contributed by atoms with E-state index in [1.807, 2.05) is 50.2 Å². The van der Waals surface area contributed by atoms with Gasteiger partial charge in [0.1, 0.15) is 0 Å². The van der Waals surface area contributed by atoms with Crippen LogP contribution in [0.1, 0.15) is 47.6 Å². The van der Waals surface area contributed by atoms with Crippen LogP contribution in [-0.4, -0.2) is 18.4 Å². The second-order valence-electron chi connectivity index (χ2n) is 8.04. The fourth-order valence-electron chi connectivity index (χ4n) is 4.42. The summed E-state index contributed by atoms with van der Waals surface area (Å²) in [5, 5.41) is 3.20. The lowest BCUT2D eigenvalue weighted by Crippen LogP contribution is -2.37. The molecule has 4 rings (SSSR count). The van der Waals surface area contributed by atoms with Crippen LogP contribution in [-0.2, 0) is 16.0 Å². The van der Waals surface area contributed by atoms with Crippen LogP contribution in [0, 0.1) is 19.8 Å². The molecule has 1 heterocycles. The van der Waals surface area contributed by atoms with E-state index in [-0.39, 0.29) is 30.2 Å². The summed E-state index contributed by atoms with van der Waals surface area (Å²) in [6.07, 6.45) is 3.21. The van der Waals surface area contributed by atoms with Crippen molar-refractivity contribution in [3.8, 4) is 0 Å². The molecule has 5 nitrogen and oxygen atoms in total. The summed E-state index contributed by atoms with van der Waals surface area (Å²) in [5.41, 5.74) is 12.2. The summed E-state index contributed by atoms with van der Waals surface area (Å²) >= 11 is 0. The highest BCUT2D eigenvalue weighted by Gasteiger charge is 2.37. The Hall–Kier alpha value is -2.82. The summed E-state index contributed by atoms with van der Waals surface area (Å²) in [7, 11) is 0. The van der Waals surface area contributed by atoms with E-state index in [1.165, 1.54) is 5.56 Å². The van der Waals surface area contributed by atoms with Crippen LogP contribution >= 0.6 is 0 Å². The Morgan fingerprint density at radius 2 is 2.04 bits per heavy atom. The van der Waals surface area contributed by atoms with Crippen LogP contribution in [0.2, 0.25) is 0 Å². The van der Waals surface area contributed by atoms with Gasteiger partial charge in [0.2, 0.25) is 11.8 Å². The number of anilines is 2. The molecule has 1 aliphatic heterocycles. The zero-order valence-corrected chi connectivity index (χ0v) is 16.5. The van der Waals surface area contributed by atoms with Crippen LogP contribution in [0.3, 0.4) is 0 Å². The molecule has 2 amide bonds. The average molecular weight is 377 g/mol. The second-order valence-corrected chi connectivity index (χ2v) is 8.04. The topological polar surface area (TPSA) is 75.4 Å². The van der Waals surface area contributed by atoms with Gasteiger partial charge in [-0.15, -0.1) is 0 Å². The Bertz CT molecular complexity index is 937. The van der Waals surface area contributed by atoms with Gasteiger partial charge in [0.05, 0.1) is 12.0 Å². The molecule has 0 bridgehead atoms. The summed E-state index contributed by atoms with van der Waals surface area (Å²) in [5.74, 6) is -0.326. The number of carbonyl (C=O) groups is 2. The predicted molar refractivity (Wildman–Crippen MR) is 111 cm³/mol. The van der Waals surface area contributed by atoms with Crippen molar-refractivity contribution in [3.63, 3.8) is 0 Å². The number of nitrogens with two attached hydrogens (primary N) is 1. The number of hydrogen-bond acceptors (Lipinski definition) is 3. The maximum absolute atomic E-state index is 12.9. The molecule has 0 spiro atoms. The summed E-state index contributed by atoms with van der Waals surface area (Å²) in [6, 6.07) is 11.9. The number of carbonyl (C=O) groups excluding carboxylic acids is 2. The van der Waals surface area contributed by atoms with Crippen LogP contribution in [0.5, 0.6) is 0 Å². The minimum atomic E-state index is -0.313. The minimum absolute atomic E-state index is 0.00158. The number of rotatable bonds is 3. The lowest BCUT2D eigenvalue weighted by Gasteiger charge is -2.27. The normalized spacial score (nSPS) is 21.5. The quantitative estimate of drug-likeness (QED) is 0.805. The first-order valence-corrected chi connectivity index (χ1v) is 9.99. The third kappa shape index (κ3) is 3.37. The Morgan fingerprint density at radius 1 is 1.21 bits per heavy atom. The van der Waals surface area contributed by atoms with Gasteiger partial charge in [-0.25, -0.2) is 0 Å². The molecule has 3 N–H and O–H groups in total.